The first kappa shape index (κ1) is 8.34. The van der Waals surface area contributed by atoms with Gasteiger partial charge < -0.3 is 4.79 Å². The fourth-order valence-corrected chi connectivity index (χ4v) is 0.521. The third-order valence-electron chi connectivity index (χ3n) is 1.41. The number of carbonyl (C=O) groups excluding carboxylic acids is 2. The lowest BCUT2D eigenvalue weighted by Crippen LogP contribution is -2.05. The molecule has 52 valence electrons. The van der Waals surface area contributed by atoms with Crippen molar-refractivity contribution in [3.8, 4) is 0 Å². The number of Topliss-reactive ketones (excluding diaryl/α,β-unsaturated/α-hetero) is 1. The third-order valence-corrected chi connectivity index (χ3v) is 1.41. The number of hydrogen-bond donors (Lipinski definition) is 0. The van der Waals surface area contributed by atoms with Gasteiger partial charge in [0.15, 0.2) is 0 Å². The fraction of sp³-hybridized carbons (Fsp3) is 0.714. The molecule has 0 N–H and O–H groups in total. The minimum absolute atomic E-state index is 0.0511. The molecule has 9 heavy (non-hydrogen) atoms. The Morgan fingerprint density at radius 1 is 1.67 bits per heavy atom. The van der Waals surface area contributed by atoms with Gasteiger partial charge in [-0.05, 0) is 13.3 Å². The van der Waals surface area contributed by atoms with Crippen LogP contribution < -0.4 is 0 Å². The molecule has 0 rings (SSSR count). The summed E-state index contributed by atoms with van der Waals surface area (Å²) in [7, 11) is 0. The summed E-state index contributed by atoms with van der Waals surface area (Å²) in [5.41, 5.74) is 0. The standard InChI is InChI=1S/C7H12O2/c1-6(7(2)9)4-3-5-8/h5-6H,3-4H2,1-2H3. The molecule has 0 bridgehead atoms. The quantitative estimate of drug-likeness (QED) is 0.533. The van der Waals surface area contributed by atoms with Crippen LogP contribution in [0.1, 0.15) is 26.7 Å². The number of rotatable bonds is 4. The highest BCUT2D eigenvalue weighted by Crippen LogP contribution is 2.03. The van der Waals surface area contributed by atoms with E-state index in [1.54, 1.807) is 6.92 Å². The SMILES string of the molecule is CC(=O)C(C)CCC=O. The molecular formula is C7H12O2. The highest BCUT2D eigenvalue weighted by atomic mass is 16.1. The molecule has 0 saturated carbocycles. The summed E-state index contributed by atoms with van der Waals surface area (Å²) >= 11 is 0. The van der Waals surface area contributed by atoms with E-state index in [0.29, 0.717) is 12.8 Å². The summed E-state index contributed by atoms with van der Waals surface area (Å²) < 4.78 is 0. The molecule has 0 spiro atoms. The van der Waals surface area contributed by atoms with E-state index in [9.17, 15) is 9.59 Å². The maximum atomic E-state index is 10.5. The molecule has 0 aromatic carbocycles. The second-order valence-corrected chi connectivity index (χ2v) is 2.26. The maximum Gasteiger partial charge on any atom is 0.132 e. The molecule has 2 nitrogen and oxygen atoms in total. The van der Waals surface area contributed by atoms with Crippen LogP contribution in [0.15, 0.2) is 0 Å². The summed E-state index contributed by atoms with van der Waals surface area (Å²) in [6, 6.07) is 0. The summed E-state index contributed by atoms with van der Waals surface area (Å²) in [5, 5.41) is 0. The molecule has 0 aliphatic rings. The van der Waals surface area contributed by atoms with Gasteiger partial charge in [0.05, 0.1) is 0 Å². The van der Waals surface area contributed by atoms with Crippen molar-refractivity contribution in [2.24, 2.45) is 5.92 Å². The Morgan fingerprint density at radius 2 is 2.22 bits per heavy atom. The lowest BCUT2D eigenvalue weighted by molar-refractivity contribution is -0.120. The van der Waals surface area contributed by atoms with Gasteiger partial charge in [-0.15, -0.1) is 0 Å². The average molecular weight is 128 g/mol. The monoisotopic (exact) mass is 128 g/mol. The van der Waals surface area contributed by atoms with Crippen molar-refractivity contribution in [3.05, 3.63) is 0 Å². The van der Waals surface area contributed by atoms with Crippen molar-refractivity contribution in [2.45, 2.75) is 26.7 Å². The van der Waals surface area contributed by atoms with Crippen LogP contribution in [-0.2, 0) is 9.59 Å². The number of ketones is 1. The molecule has 1 atom stereocenters. The molecule has 0 aliphatic carbocycles. The van der Waals surface area contributed by atoms with Crippen LogP contribution >= 0.6 is 0 Å². The Labute approximate surface area is 55.3 Å². The predicted molar refractivity (Wildman–Crippen MR) is 35.1 cm³/mol. The van der Waals surface area contributed by atoms with Crippen LogP contribution in [0.25, 0.3) is 0 Å². The molecular weight excluding hydrogens is 116 g/mol. The van der Waals surface area contributed by atoms with Crippen molar-refractivity contribution >= 4 is 12.1 Å². The molecule has 0 saturated heterocycles. The molecule has 1 unspecified atom stereocenters. The summed E-state index contributed by atoms with van der Waals surface area (Å²) in [4.78, 5) is 20.4. The Hall–Kier alpha value is -0.660. The normalized spacial score (nSPS) is 12.7. The van der Waals surface area contributed by atoms with Crippen molar-refractivity contribution in [1.82, 2.24) is 0 Å². The van der Waals surface area contributed by atoms with Crippen LogP contribution in [0, 0.1) is 5.92 Å². The summed E-state index contributed by atoms with van der Waals surface area (Å²) in [6.45, 7) is 3.39. The summed E-state index contributed by atoms with van der Waals surface area (Å²) in [6.07, 6.45) is 2.04. The fourth-order valence-electron chi connectivity index (χ4n) is 0.521. The van der Waals surface area contributed by atoms with Gasteiger partial charge in [0, 0.05) is 12.3 Å². The van der Waals surface area contributed by atoms with Crippen LogP contribution in [0.2, 0.25) is 0 Å². The topological polar surface area (TPSA) is 34.1 Å². The Bertz CT molecular complexity index is 107. The zero-order chi connectivity index (χ0) is 7.28. The zero-order valence-corrected chi connectivity index (χ0v) is 5.89. The van der Waals surface area contributed by atoms with Crippen molar-refractivity contribution in [3.63, 3.8) is 0 Å². The smallest absolute Gasteiger partial charge is 0.132 e. The molecule has 0 fully saturated rings. The van der Waals surface area contributed by atoms with Gasteiger partial charge in [-0.1, -0.05) is 6.92 Å². The lowest BCUT2D eigenvalue weighted by Gasteiger charge is -2.01. The second-order valence-electron chi connectivity index (χ2n) is 2.26. The average Bonchev–Trinajstić information content (AvgIpc) is 1.82. The van der Waals surface area contributed by atoms with Gasteiger partial charge in [-0.3, -0.25) is 4.79 Å². The van der Waals surface area contributed by atoms with E-state index >= 15 is 0 Å². The van der Waals surface area contributed by atoms with Crippen LogP contribution in [-0.4, -0.2) is 12.1 Å². The minimum Gasteiger partial charge on any atom is -0.303 e. The van der Waals surface area contributed by atoms with Crippen LogP contribution in [0.3, 0.4) is 0 Å². The van der Waals surface area contributed by atoms with Crippen molar-refractivity contribution < 1.29 is 9.59 Å². The van der Waals surface area contributed by atoms with Crippen molar-refractivity contribution in [2.75, 3.05) is 0 Å². The van der Waals surface area contributed by atoms with Gasteiger partial charge in [-0.2, -0.15) is 0 Å². The molecule has 0 radical (unpaired) electrons. The minimum atomic E-state index is 0.0511. The van der Waals surface area contributed by atoms with E-state index in [-0.39, 0.29) is 11.7 Å². The number of carbonyl (C=O) groups is 2. The largest absolute Gasteiger partial charge is 0.303 e. The van der Waals surface area contributed by atoms with E-state index in [0.717, 1.165) is 6.29 Å². The highest BCUT2D eigenvalue weighted by molar-refractivity contribution is 5.78. The van der Waals surface area contributed by atoms with Gasteiger partial charge in [0.1, 0.15) is 12.1 Å². The molecule has 2 heteroatoms. The predicted octanol–water partition coefficient (Wildman–Crippen LogP) is 1.19. The first-order valence-corrected chi connectivity index (χ1v) is 3.12. The highest BCUT2D eigenvalue weighted by Gasteiger charge is 2.04. The van der Waals surface area contributed by atoms with Gasteiger partial charge >= 0.3 is 0 Å². The Kier molecular flexibility index (Phi) is 3.93. The third kappa shape index (κ3) is 3.88. The molecule has 0 heterocycles. The second kappa shape index (κ2) is 4.24. The van der Waals surface area contributed by atoms with Gasteiger partial charge in [-0.25, -0.2) is 0 Å². The molecule has 0 amide bonds. The number of hydrogen-bond acceptors (Lipinski definition) is 2. The first-order valence-electron chi connectivity index (χ1n) is 3.12. The summed E-state index contributed by atoms with van der Waals surface area (Å²) in [5.74, 6) is 0.215. The first-order chi connectivity index (χ1) is 4.18. The van der Waals surface area contributed by atoms with E-state index in [4.69, 9.17) is 0 Å². The number of aldehydes is 1. The Morgan fingerprint density at radius 3 is 2.56 bits per heavy atom. The molecule has 0 aromatic heterocycles. The Balaban J connectivity index is 3.37. The van der Waals surface area contributed by atoms with E-state index < -0.39 is 0 Å². The zero-order valence-electron chi connectivity index (χ0n) is 5.89. The van der Waals surface area contributed by atoms with E-state index in [2.05, 4.69) is 0 Å². The van der Waals surface area contributed by atoms with Gasteiger partial charge in [0.2, 0.25) is 0 Å². The van der Waals surface area contributed by atoms with Crippen molar-refractivity contribution in [1.29, 1.82) is 0 Å². The van der Waals surface area contributed by atoms with Crippen LogP contribution in [0.4, 0.5) is 0 Å². The molecule has 0 aromatic rings. The maximum absolute atomic E-state index is 10.5. The van der Waals surface area contributed by atoms with Gasteiger partial charge in [0.25, 0.3) is 0 Å². The van der Waals surface area contributed by atoms with Crippen LogP contribution in [0.5, 0.6) is 0 Å². The lowest BCUT2D eigenvalue weighted by atomic mass is 10.0. The van der Waals surface area contributed by atoms with E-state index in [1.165, 1.54) is 0 Å². The van der Waals surface area contributed by atoms with E-state index in [1.807, 2.05) is 6.92 Å². The molecule has 0 aliphatic heterocycles.